The van der Waals surface area contributed by atoms with Gasteiger partial charge in [0.25, 0.3) is 5.56 Å². The first-order chi connectivity index (χ1) is 18.5. The average Bonchev–Trinajstić information content (AvgIpc) is 2.87. The highest BCUT2D eigenvalue weighted by Crippen LogP contribution is 2.33. The molecule has 2 aromatic carbocycles. The molecule has 1 atom stereocenters. The summed E-state index contributed by atoms with van der Waals surface area (Å²) in [6, 6.07) is 9.47. The number of nitrogens with zero attached hydrogens (tertiary/aromatic N) is 2. The minimum atomic E-state index is -0.886. The average molecular weight is 560 g/mol. The van der Waals surface area contributed by atoms with Gasteiger partial charge in [-0.25, -0.2) is 9.18 Å². The summed E-state index contributed by atoms with van der Waals surface area (Å²) in [5.41, 5.74) is 0.492. The van der Waals surface area contributed by atoms with Crippen molar-refractivity contribution in [2.24, 2.45) is 5.92 Å². The van der Waals surface area contributed by atoms with Crippen molar-refractivity contribution in [3.8, 4) is 16.9 Å². The van der Waals surface area contributed by atoms with Crippen LogP contribution in [0, 0.1) is 18.7 Å². The molecule has 0 bridgehead atoms. The van der Waals surface area contributed by atoms with Gasteiger partial charge in [-0.3, -0.25) is 18.7 Å². The van der Waals surface area contributed by atoms with Crippen LogP contribution in [0.1, 0.15) is 44.2 Å². The Kier molecular flexibility index (Phi) is 10.5. The summed E-state index contributed by atoms with van der Waals surface area (Å²) < 4.78 is 22.6. The number of aromatic nitrogens is 2. The second-order valence-electron chi connectivity index (χ2n) is 10.0. The fourth-order valence-corrected chi connectivity index (χ4v) is 4.89. The monoisotopic (exact) mass is 559 g/mol. The van der Waals surface area contributed by atoms with E-state index in [1.807, 2.05) is 13.8 Å². The maximum Gasteiger partial charge on any atom is 0.331 e. The lowest BCUT2D eigenvalue weighted by Gasteiger charge is -2.23. The molecular formula is C29H35ClFN3O5. The maximum absolute atomic E-state index is 14.7. The van der Waals surface area contributed by atoms with Crippen molar-refractivity contribution in [3.05, 3.63) is 85.4 Å². The molecule has 1 heterocycles. The summed E-state index contributed by atoms with van der Waals surface area (Å²) in [6.45, 7) is 6.21. The largest absolute Gasteiger partial charge is 0.495 e. The van der Waals surface area contributed by atoms with Crippen LogP contribution >= 0.6 is 11.6 Å². The number of halogens is 2. The molecule has 0 fully saturated rings. The summed E-state index contributed by atoms with van der Waals surface area (Å²) in [4.78, 5) is 38.4. The van der Waals surface area contributed by atoms with E-state index in [-0.39, 0.29) is 42.1 Å². The molecule has 10 heteroatoms. The molecule has 0 aliphatic rings. The van der Waals surface area contributed by atoms with Crippen molar-refractivity contribution in [2.45, 2.75) is 59.2 Å². The zero-order chi connectivity index (χ0) is 28.7. The van der Waals surface area contributed by atoms with Crippen molar-refractivity contribution < 1.29 is 19.0 Å². The molecule has 39 heavy (non-hydrogen) atoms. The number of aliphatic carboxylic acids is 1. The fraction of sp³-hybridized carbons (Fsp3) is 0.414. The van der Waals surface area contributed by atoms with Crippen LogP contribution in [-0.4, -0.2) is 39.9 Å². The van der Waals surface area contributed by atoms with Crippen LogP contribution < -0.4 is 21.3 Å². The summed E-state index contributed by atoms with van der Waals surface area (Å²) in [6.07, 6.45) is 2.50. The number of carboxylic acids is 1. The lowest BCUT2D eigenvalue weighted by molar-refractivity contribution is -0.137. The highest BCUT2D eigenvalue weighted by atomic mass is 35.5. The Balaban J connectivity index is 2.14. The van der Waals surface area contributed by atoms with Gasteiger partial charge in [-0.15, -0.1) is 0 Å². The van der Waals surface area contributed by atoms with Crippen LogP contribution in [0.5, 0.6) is 5.75 Å². The highest BCUT2D eigenvalue weighted by Gasteiger charge is 2.21. The van der Waals surface area contributed by atoms with Crippen molar-refractivity contribution in [3.63, 3.8) is 0 Å². The number of rotatable bonds is 13. The number of hydrogen-bond acceptors (Lipinski definition) is 5. The maximum atomic E-state index is 14.7. The van der Waals surface area contributed by atoms with Gasteiger partial charge in [0, 0.05) is 36.3 Å². The second-order valence-corrected chi connectivity index (χ2v) is 10.4. The number of carbonyl (C=O) groups is 1. The Hall–Kier alpha value is -3.43. The van der Waals surface area contributed by atoms with Crippen LogP contribution in [0.25, 0.3) is 11.1 Å². The zero-order valence-corrected chi connectivity index (χ0v) is 23.4. The number of methoxy groups -OCH3 is 1. The third kappa shape index (κ3) is 7.58. The molecule has 8 nitrogen and oxygen atoms in total. The lowest BCUT2D eigenvalue weighted by Crippen LogP contribution is -2.46. The normalized spacial score (nSPS) is 12.1. The Bertz CT molecular complexity index is 1410. The van der Waals surface area contributed by atoms with Gasteiger partial charge in [-0.1, -0.05) is 49.7 Å². The van der Waals surface area contributed by atoms with Gasteiger partial charge >= 0.3 is 11.7 Å². The van der Waals surface area contributed by atoms with E-state index in [9.17, 15) is 18.8 Å². The number of hydrogen-bond donors (Lipinski definition) is 2. The van der Waals surface area contributed by atoms with E-state index in [2.05, 4.69) is 5.32 Å². The Morgan fingerprint density at radius 3 is 2.51 bits per heavy atom. The van der Waals surface area contributed by atoms with Gasteiger partial charge in [0.2, 0.25) is 0 Å². The minimum Gasteiger partial charge on any atom is -0.495 e. The first kappa shape index (κ1) is 30.1. The van der Waals surface area contributed by atoms with Gasteiger partial charge in [0.1, 0.15) is 11.6 Å². The SMILES string of the molecule is COc1cccc(-c2cn(Cc3c(C)cccc3F)c(=O)n(C[C@@H](CC(C)C)NCCCC(=O)O)c2=O)c1Cl. The van der Waals surface area contributed by atoms with Crippen molar-refractivity contribution >= 4 is 17.6 Å². The van der Waals surface area contributed by atoms with Gasteiger partial charge in [0.15, 0.2) is 0 Å². The fourth-order valence-electron chi connectivity index (χ4n) is 4.58. The summed E-state index contributed by atoms with van der Waals surface area (Å²) in [5, 5.41) is 12.5. The summed E-state index contributed by atoms with van der Waals surface area (Å²) >= 11 is 6.57. The molecular weight excluding hydrogens is 525 g/mol. The second kappa shape index (κ2) is 13.6. The van der Waals surface area contributed by atoms with Crippen LogP contribution in [0.3, 0.4) is 0 Å². The molecule has 3 rings (SSSR count). The molecule has 210 valence electrons. The Morgan fingerprint density at radius 1 is 1.15 bits per heavy atom. The quantitative estimate of drug-likeness (QED) is 0.294. The van der Waals surface area contributed by atoms with Gasteiger partial charge < -0.3 is 15.2 Å². The molecule has 0 spiro atoms. The van der Waals surface area contributed by atoms with E-state index in [1.54, 1.807) is 37.3 Å². The van der Waals surface area contributed by atoms with E-state index >= 15 is 0 Å². The van der Waals surface area contributed by atoms with Crippen molar-refractivity contribution in [2.75, 3.05) is 13.7 Å². The number of ether oxygens (including phenoxy) is 1. The third-order valence-electron chi connectivity index (χ3n) is 6.55. The molecule has 0 amide bonds. The topological polar surface area (TPSA) is 103 Å². The number of benzene rings is 2. The van der Waals surface area contributed by atoms with Gasteiger partial charge in [-0.2, -0.15) is 0 Å². The number of nitrogens with one attached hydrogen (secondary N) is 1. The molecule has 0 saturated carbocycles. The first-order valence-electron chi connectivity index (χ1n) is 12.9. The standard InChI is InChI=1S/C29H35ClFN3O5/c1-18(2)14-20(32-13-7-12-26(35)36)15-34-28(37)23(21-9-6-11-25(39-4)27(21)30)17-33(29(34)38)16-22-19(3)8-5-10-24(22)31/h5-6,8-11,17-18,20,32H,7,12-16H2,1-4H3,(H,35,36)/t20-/m1/s1. The van der Waals surface area contributed by atoms with Crippen LogP contribution in [0.4, 0.5) is 4.39 Å². The number of aryl methyl sites for hydroxylation is 1. The summed E-state index contributed by atoms with van der Waals surface area (Å²) in [7, 11) is 1.47. The zero-order valence-electron chi connectivity index (χ0n) is 22.7. The molecule has 0 unspecified atom stereocenters. The smallest absolute Gasteiger partial charge is 0.331 e. The van der Waals surface area contributed by atoms with E-state index in [0.29, 0.717) is 41.8 Å². The minimum absolute atomic E-state index is 0.0139. The number of carboxylic acid groups (broad SMARTS) is 1. The van der Waals surface area contributed by atoms with E-state index in [4.69, 9.17) is 21.4 Å². The van der Waals surface area contributed by atoms with E-state index in [1.165, 1.54) is 23.9 Å². The third-order valence-corrected chi connectivity index (χ3v) is 6.94. The Morgan fingerprint density at radius 2 is 1.87 bits per heavy atom. The molecule has 2 N–H and O–H groups in total. The summed E-state index contributed by atoms with van der Waals surface area (Å²) in [5.74, 6) is -0.710. The lowest BCUT2D eigenvalue weighted by atomic mass is 10.0. The van der Waals surface area contributed by atoms with Crippen molar-refractivity contribution in [1.29, 1.82) is 0 Å². The van der Waals surface area contributed by atoms with Gasteiger partial charge in [0.05, 0.1) is 24.2 Å². The molecule has 3 aromatic rings. The molecule has 0 saturated heterocycles. The molecule has 0 aliphatic heterocycles. The van der Waals surface area contributed by atoms with Crippen LogP contribution in [0.2, 0.25) is 5.02 Å². The van der Waals surface area contributed by atoms with Crippen LogP contribution in [-0.2, 0) is 17.9 Å². The van der Waals surface area contributed by atoms with Gasteiger partial charge in [-0.05, 0) is 49.9 Å². The molecule has 1 aromatic heterocycles. The first-order valence-corrected chi connectivity index (χ1v) is 13.3. The van der Waals surface area contributed by atoms with E-state index < -0.39 is 23.0 Å². The predicted octanol–water partition coefficient (Wildman–Crippen LogP) is 4.70. The van der Waals surface area contributed by atoms with Crippen molar-refractivity contribution in [1.82, 2.24) is 14.5 Å². The van der Waals surface area contributed by atoms with E-state index in [0.717, 1.165) is 4.57 Å². The molecule has 0 radical (unpaired) electrons. The Labute approximate surface area is 232 Å². The highest BCUT2D eigenvalue weighted by molar-refractivity contribution is 6.34. The van der Waals surface area contributed by atoms with Crippen LogP contribution in [0.15, 0.2) is 52.2 Å². The molecule has 0 aliphatic carbocycles. The predicted molar refractivity (Wildman–Crippen MR) is 150 cm³/mol.